The van der Waals surface area contributed by atoms with Gasteiger partial charge in [-0.1, -0.05) is 139 Å². The number of hydrogen-bond donors (Lipinski definition) is 0. The van der Waals surface area contributed by atoms with E-state index in [0.29, 0.717) is 0 Å². The molecule has 1 rings (SSSR count). The van der Waals surface area contributed by atoms with Crippen molar-refractivity contribution in [1.82, 2.24) is 0 Å². The number of benzene rings is 1. The molecule has 0 heterocycles. The normalized spacial score (nSPS) is 5.71. The zero-order valence-corrected chi connectivity index (χ0v) is 17.6. The maximum Gasteiger partial charge on any atom is -0.0590 e. The lowest BCUT2D eigenvalue weighted by molar-refractivity contribution is 1.09. The van der Waals surface area contributed by atoms with E-state index < -0.39 is 0 Å². The molecular weight excluding hydrogens is 252 g/mol. The molecule has 21 heavy (non-hydrogen) atoms. The average molecular weight is 301 g/mol. The topological polar surface area (TPSA) is 0 Å². The molecule has 0 radical (unpaired) electrons. The Morgan fingerprint density at radius 1 is 0.333 bits per heavy atom. The van der Waals surface area contributed by atoms with Gasteiger partial charge in [-0.3, -0.25) is 0 Å². The first kappa shape index (κ1) is 36.9. The van der Waals surface area contributed by atoms with Crippen LogP contribution in [-0.2, 0) is 0 Å². The molecule has 0 aliphatic heterocycles. The van der Waals surface area contributed by atoms with E-state index in [-0.39, 0.29) is 0 Å². The van der Waals surface area contributed by atoms with Gasteiger partial charge in [0.2, 0.25) is 0 Å². The molecule has 0 atom stereocenters. The molecule has 0 heteroatoms. The second-order valence-electron chi connectivity index (χ2n) is 3.28. The van der Waals surface area contributed by atoms with E-state index in [0.717, 1.165) is 0 Å². The molecule has 0 unspecified atom stereocenters. The quantitative estimate of drug-likeness (QED) is 0.448. The van der Waals surface area contributed by atoms with Gasteiger partial charge in [-0.25, -0.2) is 0 Å². The third-order valence-electron chi connectivity index (χ3n) is 0.667. The Morgan fingerprint density at radius 3 is 0.429 bits per heavy atom. The van der Waals surface area contributed by atoms with Crippen LogP contribution in [0.15, 0.2) is 36.4 Å². The third kappa shape index (κ3) is 209. The van der Waals surface area contributed by atoms with E-state index in [1.165, 1.54) is 19.3 Å². The fraction of sp³-hybridized carbons (Fsp3) is 0.714. The van der Waals surface area contributed by atoms with E-state index in [1.54, 1.807) is 0 Å². The lowest BCUT2D eigenvalue weighted by atomic mass is 10.4. The van der Waals surface area contributed by atoms with Crippen LogP contribution in [0.3, 0.4) is 0 Å². The van der Waals surface area contributed by atoms with Crippen molar-refractivity contribution in [2.75, 3.05) is 0 Å². The molecule has 0 aliphatic rings. The Morgan fingerprint density at radius 2 is 0.381 bits per heavy atom. The summed E-state index contributed by atoms with van der Waals surface area (Å²) in [6, 6.07) is 12.0. The summed E-state index contributed by atoms with van der Waals surface area (Å²) in [4.78, 5) is 0. The summed E-state index contributed by atoms with van der Waals surface area (Å²) in [6.45, 7) is 24.8. The summed E-state index contributed by atoms with van der Waals surface area (Å²) in [5.41, 5.74) is 0. The van der Waals surface area contributed by atoms with Crippen LogP contribution in [0.4, 0.5) is 0 Å². The van der Waals surface area contributed by atoms with Crippen LogP contribution in [0, 0.1) is 0 Å². The second kappa shape index (κ2) is 94.4. The molecule has 0 fully saturated rings. The van der Waals surface area contributed by atoms with Gasteiger partial charge < -0.3 is 0 Å². The molecule has 1 aromatic carbocycles. The monoisotopic (exact) mass is 300 g/mol. The maximum atomic E-state index is 2.12. The van der Waals surface area contributed by atoms with Crippen molar-refractivity contribution in [2.45, 2.75) is 102 Å². The lowest BCUT2D eigenvalue weighted by Gasteiger charge is -1.69. The van der Waals surface area contributed by atoms with Crippen LogP contribution in [0.2, 0.25) is 0 Å². The van der Waals surface area contributed by atoms with Gasteiger partial charge in [-0.15, -0.1) is 0 Å². The molecule has 0 aliphatic carbocycles. The standard InChI is InChI=1S/C6H6.3C3H8.3C2H6/c1-2-4-6-5-3-1;3*1-3-2;3*1-2/h1-6H;3*3H2,1-2H3;3*1-2H3. The van der Waals surface area contributed by atoms with Crippen LogP contribution in [0.25, 0.3) is 0 Å². The maximum absolute atomic E-state index is 2.12. The van der Waals surface area contributed by atoms with Crippen LogP contribution < -0.4 is 0 Å². The van der Waals surface area contributed by atoms with E-state index in [2.05, 4.69) is 41.5 Å². The van der Waals surface area contributed by atoms with Gasteiger partial charge in [0.1, 0.15) is 0 Å². The van der Waals surface area contributed by atoms with E-state index in [1.807, 2.05) is 77.9 Å². The summed E-state index contributed by atoms with van der Waals surface area (Å²) in [6.07, 6.45) is 3.75. The molecule has 0 aromatic heterocycles. The molecule has 0 saturated carbocycles. The van der Waals surface area contributed by atoms with Crippen LogP contribution in [0.5, 0.6) is 0 Å². The van der Waals surface area contributed by atoms with Gasteiger partial charge >= 0.3 is 0 Å². The van der Waals surface area contributed by atoms with Crippen molar-refractivity contribution in [3.8, 4) is 0 Å². The lowest BCUT2D eigenvalue weighted by Crippen LogP contribution is -1.47. The molecule has 1 aromatic rings. The number of hydrogen-bond acceptors (Lipinski definition) is 0. The third-order valence-corrected chi connectivity index (χ3v) is 0.667. The van der Waals surface area contributed by atoms with Gasteiger partial charge in [0.05, 0.1) is 0 Å². The second-order valence-corrected chi connectivity index (χ2v) is 3.28. The van der Waals surface area contributed by atoms with Gasteiger partial charge in [0.15, 0.2) is 0 Å². The van der Waals surface area contributed by atoms with Gasteiger partial charge in [0.25, 0.3) is 0 Å². The Labute approximate surface area is 139 Å². The van der Waals surface area contributed by atoms with Crippen molar-refractivity contribution < 1.29 is 0 Å². The Kier molecular flexibility index (Phi) is 166. The molecule has 0 N–H and O–H groups in total. The minimum absolute atomic E-state index is 1.25. The van der Waals surface area contributed by atoms with E-state index >= 15 is 0 Å². The summed E-state index contributed by atoms with van der Waals surface area (Å²) in [5, 5.41) is 0. The van der Waals surface area contributed by atoms with Gasteiger partial charge in [-0.2, -0.15) is 0 Å². The fourth-order valence-corrected chi connectivity index (χ4v) is 0.385. The molecular formula is C21H48. The zero-order chi connectivity index (χ0) is 18.4. The Bertz CT molecular complexity index is 101. The highest BCUT2D eigenvalue weighted by atomic mass is 13.6. The molecule has 0 amide bonds. The minimum Gasteiger partial charge on any atom is -0.0683 e. The highest BCUT2D eigenvalue weighted by molar-refractivity contribution is 4.99. The summed E-state index contributed by atoms with van der Waals surface area (Å²) >= 11 is 0. The average Bonchev–Trinajstić information content (AvgIpc) is 2.57. The Balaban J connectivity index is -0.0000000334. The first-order valence-electron chi connectivity index (χ1n) is 9.24. The van der Waals surface area contributed by atoms with Crippen molar-refractivity contribution in [1.29, 1.82) is 0 Å². The van der Waals surface area contributed by atoms with Crippen LogP contribution in [-0.4, -0.2) is 0 Å². The van der Waals surface area contributed by atoms with Crippen molar-refractivity contribution in [3.63, 3.8) is 0 Å². The van der Waals surface area contributed by atoms with Gasteiger partial charge in [0, 0.05) is 0 Å². The first-order chi connectivity index (χ1) is 10.2. The highest BCUT2D eigenvalue weighted by Crippen LogP contribution is 1.79. The Hall–Kier alpha value is -0.780. The van der Waals surface area contributed by atoms with Crippen molar-refractivity contribution in [2.24, 2.45) is 0 Å². The molecule has 132 valence electrons. The predicted molar refractivity (Wildman–Crippen MR) is 108 cm³/mol. The molecule has 0 bridgehead atoms. The van der Waals surface area contributed by atoms with E-state index in [9.17, 15) is 0 Å². The largest absolute Gasteiger partial charge is 0.0683 e. The summed E-state index contributed by atoms with van der Waals surface area (Å²) in [5.74, 6) is 0. The van der Waals surface area contributed by atoms with Gasteiger partial charge in [-0.05, 0) is 0 Å². The predicted octanol–water partition coefficient (Wildman–Crippen LogP) is 9.01. The fourth-order valence-electron chi connectivity index (χ4n) is 0.385. The van der Waals surface area contributed by atoms with Crippen molar-refractivity contribution in [3.05, 3.63) is 36.4 Å². The van der Waals surface area contributed by atoms with E-state index in [4.69, 9.17) is 0 Å². The molecule has 0 spiro atoms. The smallest absolute Gasteiger partial charge is 0.0590 e. The first-order valence-corrected chi connectivity index (χ1v) is 9.24. The molecule has 0 saturated heterocycles. The zero-order valence-electron chi connectivity index (χ0n) is 17.6. The van der Waals surface area contributed by atoms with Crippen LogP contribution >= 0.6 is 0 Å². The van der Waals surface area contributed by atoms with Crippen molar-refractivity contribution >= 4 is 0 Å². The van der Waals surface area contributed by atoms with Crippen LogP contribution in [0.1, 0.15) is 102 Å². The SMILES string of the molecule is CC.CC.CC.CCC.CCC.CCC.c1ccccc1. The number of rotatable bonds is 0. The minimum atomic E-state index is 1.25. The summed E-state index contributed by atoms with van der Waals surface area (Å²) < 4.78 is 0. The summed E-state index contributed by atoms with van der Waals surface area (Å²) in [7, 11) is 0. The highest BCUT2D eigenvalue weighted by Gasteiger charge is 1.57. The molecule has 0 nitrogen and oxygen atoms in total.